The van der Waals surface area contributed by atoms with Crippen LogP contribution in [0.5, 0.6) is 0 Å². The van der Waals surface area contributed by atoms with E-state index in [-0.39, 0.29) is 28.9 Å². The van der Waals surface area contributed by atoms with Crippen molar-refractivity contribution in [3.8, 4) is 0 Å². The van der Waals surface area contributed by atoms with E-state index in [0.29, 0.717) is 19.8 Å². The number of amides is 1. The summed E-state index contributed by atoms with van der Waals surface area (Å²) in [6, 6.07) is 3.72. The third kappa shape index (κ3) is 3.66. The van der Waals surface area contributed by atoms with Crippen LogP contribution in [0.25, 0.3) is 0 Å². The molecule has 0 saturated carbocycles. The van der Waals surface area contributed by atoms with Gasteiger partial charge in [-0.3, -0.25) is 14.9 Å². The van der Waals surface area contributed by atoms with Crippen LogP contribution in [0.2, 0.25) is 5.02 Å². The SMILES string of the molecule is O=C(NCC1COCCO1)c1cc([N+](=O)[O-])ccc1Cl. The molecule has 0 bridgehead atoms. The Hall–Kier alpha value is -1.70. The molecular formula is C12H13ClN2O5. The maximum atomic E-state index is 12.0. The minimum absolute atomic E-state index is 0.0672. The van der Waals surface area contributed by atoms with Gasteiger partial charge in [-0.15, -0.1) is 0 Å². The Morgan fingerprint density at radius 2 is 2.30 bits per heavy atom. The summed E-state index contributed by atoms with van der Waals surface area (Å²) in [5, 5.41) is 13.5. The van der Waals surface area contributed by atoms with Gasteiger partial charge in [0.15, 0.2) is 0 Å². The molecule has 1 unspecified atom stereocenters. The van der Waals surface area contributed by atoms with Gasteiger partial charge < -0.3 is 14.8 Å². The van der Waals surface area contributed by atoms with Gasteiger partial charge in [-0.2, -0.15) is 0 Å². The highest BCUT2D eigenvalue weighted by Gasteiger charge is 2.19. The molecule has 1 aliphatic heterocycles. The van der Waals surface area contributed by atoms with E-state index in [0.717, 1.165) is 6.07 Å². The quantitative estimate of drug-likeness (QED) is 0.670. The van der Waals surface area contributed by atoms with Crippen LogP contribution >= 0.6 is 11.6 Å². The summed E-state index contributed by atoms with van der Waals surface area (Å²) in [6.07, 6.45) is -0.217. The van der Waals surface area contributed by atoms with Crippen molar-refractivity contribution in [1.82, 2.24) is 5.32 Å². The van der Waals surface area contributed by atoms with Crippen LogP contribution in [0.4, 0.5) is 5.69 Å². The molecule has 0 aromatic heterocycles. The van der Waals surface area contributed by atoms with Crippen molar-refractivity contribution in [3.63, 3.8) is 0 Å². The molecule has 1 heterocycles. The molecule has 7 nitrogen and oxygen atoms in total. The van der Waals surface area contributed by atoms with E-state index >= 15 is 0 Å². The second kappa shape index (κ2) is 6.65. The number of nitrogens with zero attached hydrogens (tertiary/aromatic N) is 1. The molecule has 8 heteroatoms. The zero-order valence-corrected chi connectivity index (χ0v) is 11.3. The van der Waals surface area contributed by atoms with Crippen LogP contribution in [-0.4, -0.2) is 43.3 Å². The predicted molar refractivity (Wildman–Crippen MR) is 71.0 cm³/mol. The Kier molecular flexibility index (Phi) is 4.89. The van der Waals surface area contributed by atoms with Gasteiger partial charge in [0.25, 0.3) is 11.6 Å². The van der Waals surface area contributed by atoms with Gasteiger partial charge in [0.2, 0.25) is 0 Å². The summed E-state index contributed by atoms with van der Waals surface area (Å²) in [5.41, 5.74) is -0.116. The third-order valence-electron chi connectivity index (χ3n) is 2.78. The fraction of sp³-hybridized carbons (Fsp3) is 0.417. The van der Waals surface area contributed by atoms with Crippen molar-refractivity contribution < 1.29 is 19.2 Å². The third-order valence-corrected chi connectivity index (χ3v) is 3.11. The molecule has 1 aromatic rings. The van der Waals surface area contributed by atoms with Crippen LogP contribution in [-0.2, 0) is 9.47 Å². The smallest absolute Gasteiger partial charge is 0.270 e. The number of rotatable bonds is 4. The number of nitro groups is 1. The number of carbonyl (C=O) groups is 1. The molecule has 1 atom stereocenters. The topological polar surface area (TPSA) is 90.7 Å². The average Bonchev–Trinajstić information content (AvgIpc) is 2.46. The van der Waals surface area contributed by atoms with Crippen molar-refractivity contribution >= 4 is 23.2 Å². The number of non-ortho nitro benzene ring substituents is 1. The highest BCUT2D eigenvalue weighted by atomic mass is 35.5. The van der Waals surface area contributed by atoms with Gasteiger partial charge in [0.1, 0.15) is 0 Å². The molecule has 1 aliphatic rings. The summed E-state index contributed by atoms with van der Waals surface area (Å²) in [6.45, 7) is 1.69. The van der Waals surface area contributed by atoms with Gasteiger partial charge in [-0.05, 0) is 6.07 Å². The second-order valence-corrected chi connectivity index (χ2v) is 4.61. The van der Waals surface area contributed by atoms with Gasteiger partial charge in [-0.1, -0.05) is 11.6 Å². The number of hydrogen-bond donors (Lipinski definition) is 1. The average molecular weight is 301 g/mol. The lowest BCUT2D eigenvalue weighted by Crippen LogP contribution is -2.39. The normalized spacial score (nSPS) is 18.6. The van der Waals surface area contributed by atoms with E-state index in [4.69, 9.17) is 21.1 Å². The lowest BCUT2D eigenvalue weighted by atomic mass is 10.2. The first-order chi connectivity index (χ1) is 9.58. The van der Waals surface area contributed by atoms with Crippen LogP contribution in [0.15, 0.2) is 18.2 Å². The minimum Gasteiger partial charge on any atom is -0.376 e. The summed E-state index contributed by atoms with van der Waals surface area (Å²) in [4.78, 5) is 22.1. The molecule has 108 valence electrons. The molecule has 1 N–H and O–H groups in total. The summed E-state index contributed by atoms with van der Waals surface area (Å²) in [7, 11) is 0. The van der Waals surface area contributed by atoms with Gasteiger partial charge in [-0.25, -0.2) is 0 Å². The van der Waals surface area contributed by atoms with E-state index in [1.165, 1.54) is 12.1 Å². The number of ether oxygens (including phenoxy) is 2. The number of hydrogen-bond acceptors (Lipinski definition) is 5. The van der Waals surface area contributed by atoms with Crippen LogP contribution in [0, 0.1) is 10.1 Å². The zero-order chi connectivity index (χ0) is 14.5. The van der Waals surface area contributed by atoms with E-state index in [1.807, 2.05) is 0 Å². The van der Waals surface area contributed by atoms with Gasteiger partial charge in [0, 0.05) is 18.7 Å². The standard InChI is InChI=1S/C12H13ClN2O5/c13-11-2-1-8(15(17)18)5-10(11)12(16)14-6-9-7-19-3-4-20-9/h1-2,5,9H,3-4,6-7H2,(H,14,16). The van der Waals surface area contributed by atoms with Crippen molar-refractivity contribution in [2.24, 2.45) is 0 Å². The first-order valence-electron chi connectivity index (χ1n) is 5.99. The van der Waals surface area contributed by atoms with E-state index in [1.54, 1.807) is 0 Å². The lowest BCUT2D eigenvalue weighted by Gasteiger charge is -2.23. The molecule has 0 aliphatic carbocycles. The molecule has 2 rings (SSSR count). The first-order valence-corrected chi connectivity index (χ1v) is 6.37. The van der Waals surface area contributed by atoms with Crippen LogP contribution in [0.3, 0.4) is 0 Å². The maximum Gasteiger partial charge on any atom is 0.270 e. The molecule has 20 heavy (non-hydrogen) atoms. The highest BCUT2D eigenvalue weighted by Crippen LogP contribution is 2.21. The summed E-state index contributed by atoms with van der Waals surface area (Å²) < 4.78 is 10.6. The van der Waals surface area contributed by atoms with Crippen molar-refractivity contribution in [2.75, 3.05) is 26.4 Å². The number of nitro benzene ring substituents is 1. The lowest BCUT2D eigenvalue weighted by molar-refractivity contribution is -0.384. The van der Waals surface area contributed by atoms with Crippen LogP contribution < -0.4 is 5.32 Å². The molecule has 0 spiro atoms. The second-order valence-electron chi connectivity index (χ2n) is 4.20. The number of benzene rings is 1. The fourth-order valence-corrected chi connectivity index (χ4v) is 1.96. The van der Waals surface area contributed by atoms with E-state index in [9.17, 15) is 14.9 Å². The van der Waals surface area contributed by atoms with E-state index in [2.05, 4.69) is 5.32 Å². The number of nitrogens with one attached hydrogen (secondary N) is 1. The van der Waals surface area contributed by atoms with Crippen LogP contribution in [0.1, 0.15) is 10.4 Å². The molecule has 1 amide bonds. The predicted octanol–water partition coefficient (Wildman–Crippen LogP) is 1.39. The Bertz CT molecular complexity index is 517. The van der Waals surface area contributed by atoms with Gasteiger partial charge >= 0.3 is 0 Å². The molecule has 1 saturated heterocycles. The van der Waals surface area contributed by atoms with Crippen molar-refractivity contribution in [1.29, 1.82) is 0 Å². The molecule has 0 radical (unpaired) electrons. The van der Waals surface area contributed by atoms with E-state index < -0.39 is 10.8 Å². The maximum absolute atomic E-state index is 12.0. The molecular weight excluding hydrogens is 288 g/mol. The van der Waals surface area contributed by atoms with Crippen molar-refractivity contribution in [2.45, 2.75) is 6.10 Å². The molecule has 1 aromatic carbocycles. The van der Waals surface area contributed by atoms with Crippen molar-refractivity contribution in [3.05, 3.63) is 38.9 Å². The molecule has 1 fully saturated rings. The minimum atomic E-state index is -0.578. The first kappa shape index (κ1) is 14.7. The van der Waals surface area contributed by atoms with Gasteiger partial charge in [0.05, 0.1) is 41.4 Å². The fourth-order valence-electron chi connectivity index (χ4n) is 1.76. The zero-order valence-electron chi connectivity index (χ0n) is 10.5. The monoisotopic (exact) mass is 300 g/mol. The Morgan fingerprint density at radius 1 is 1.50 bits per heavy atom. The number of halogens is 1. The summed E-state index contributed by atoms with van der Waals surface area (Å²) >= 11 is 5.88. The number of carbonyl (C=O) groups excluding carboxylic acids is 1. The largest absolute Gasteiger partial charge is 0.376 e. The highest BCUT2D eigenvalue weighted by molar-refractivity contribution is 6.33. The Balaban J connectivity index is 2.00. The summed E-state index contributed by atoms with van der Waals surface area (Å²) in [5.74, 6) is -0.479. The Labute approximate surface area is 120 Å². The Morgan fingerprint density at radius 3 is 2.95 bits per heavy atom.